The third-order valence-corrected chi connectivity index (χ3v) is 4.19. The molecule has 2 atom stereocenters. The van der Waals surface area contributed by atoms with Crippen LogP contribution in [0.1, 0.15) is 29.6 Å². The van der Waals surface area contributed by atoms with Crippen molar-refractivity contribution in [2.24, 2.45) is 5.73 Å². The van der Waals surface area contributed by atoms with Gasteiger partial charge in [0.1, 0.15) is 11.5 Å². The highest BCUT2D eigenvalue weighted by Gasteiger charge is 2.20. The van der Waals surface area contributed by atoms with Crippen molar-refractivity contribution < 1.29 is 9.15 Å². The molecule has 0 spiro atoms. The molecule has 1 aliphatic rings. The maximum atomic E-state index is 5.78. The largest absolute Gasteiger partial charge is 0.465 e. The smallest absolute Gasteiger partial charge is 0.118 e. The number of hydrogen-bond donors (Lipinski definition) is 1. The summed E-state index contributed by atoms with van der Waals surface area (Å²) in [6, 6.07) is 4.01. The number of nitrogens with two attached hydrogens (primary N) is 1. The fourth-order valence-corrected chi connectivity index (χ4v) is 3.03. The van der Waals surface area contributed by atoms with E-state index in [4.69, 9.17) is 14.9 Å². The van der Waals surface area contributed by atoms with E-state index in [1.54, 1.807) is 0 Å². The summed E-state index contributed by atoms with van der Waals surface area (Å²) >= 11 is 1.84. The lowest BCUT2D eigenvalue weighted by molar-refractivity contribution is 0.128. The summed E-state index contributed by atoms with van der Waals surface area (Å²) in [4.78, 5) is 0. The van der Waals surface area contributed by atoms with Crippen LogP contribution in [0, 0.1) is 6.92 Å². The van der Waals surface area contributed by atoms with Crippen LogP contribution in [0.15, 0.2) is 16.5 Å². The first-order chi connectivity index (χ1) is 7.79. The topological polar surface area (TPSA) is 48.4 Å². The molecule has 2 rings (SSSR count). The maximum Gasteiger partial charge on any atom is 0.118 e. The standard InChI is InChI=1S/C12H19NO2S/c1-9-4-5-11(15-9)12(7-13)16-8-10-3-2-6-14-10/h4-5,10,12H,2-3,6-8,13H2,1H3. The fraction of sp³-hybridized carbons (Fsp3) is 0.667. The Hall–Kier alpha value is -0.450. The maximum absolute atomic E-state index is 5.78. The van der Waals surface area contributed by atoms with Gasteiger partial charge in [0.05, 0.1) is 11.4 Å². The molecule has 4 heteroatoms. The zero-order chi connectivity index (χ0) is 11.4. The van der Waals surface area contributed by atoms with E-state index in [-0.39, 0.29) is 5.25 Å². The van der Waals surface area contributed by atoms with Crippen molar-refractivity contribution in [3.63, 3.8) is 0 Å². The molecule has 3 nitrogen and oxygen atoms in total. The van der Waals surface area contributed by atoms with Crippen LogP contribution in [0.25, 0.3) is 0 Å². The predicted molar refractivity (Wildman–Crippen MR) is 66.7 cm³/mol. The Morgan fingerprint density at radius 3 is 3.00 bits per heavy atom. The molecule has 1 aromatic heterocycles. The van der Waals surface area contributed by atoms with E-state index in [1.807, 2.05) is 30.8 Å². The Balaban J connectivity index is 1.85. The minimum absolute atomic E-state index is 0.262. The van der Waals surface area contributed by atoms with Gasteiger partial charge in [-0.3, -0.25) is 0 Å². The van der Waals surface area contributed by atoms with E-state index in [2.05, 4.69) is 0 Å². The van der Waals surface area contributed by atoms with Crippen LogP contribution in [0.4, 0.5) is 0 Å². The first-order valence-electron chi connectivity index (χ1n) is 5.79. The molecule has 1 aromatic rings. The summed E-state index contributed by atoms with van der Waals surface area (Å²) in [7, 11) is 0. The van der Waals surface area contributed by atoms with Gasteiger partial charge in [0.15, 0.2) is 0 Å². The first kappa shape index (κ1) is 12.0. The summed E-state index contributed by atoms with van der Waals surface area (Å²) in [5.41, 5.74) is 5.78. The van der Waals surface area contributed by atoms with Crippen molar-refractivity contribution in [2.45, 2.75) is 31.1 Å². The van der Waals surface area contributed by atoms with E-state index in [0.29, 0.717) is 12.6 Å². The lowest BCUT2D eigenvalue weighted by Crippen LogP contribution is -2.14. The van der Waals surface area contributed by atoms with Crippen molar-refractivity contribution in [2.75, 3.05) is 18.9 Å². The Kier molecular flexibility index (Phi) is 4.32. The van der Waals surface area contributed by atoms with Crippen LogP contribution >= 0.6 is 11.8 Å². The summed E-state index contributed by atoms with van der Waals surface area (Å²) in [6.45, 7) is 3.49. The predicted octanol–water partition coefficient (Wildman–Crippen LogP) is 2.50. The Labute approximate surface area is 101 Å². The second kappa shape index (κ2) is 5.75. The van der Waals surface area contributed by atoms with Gasteiger partial charge in [-0.05, 0) is 31.9 Å². The van der Waals surface area contributed by atoms with E-state index < -0.39 is 0 Å². The van der Waals surface area contributed by atoms with Gasteiger partial charge in [-0.1, -0.05) is 0 Å². The Morgan fingerprint density at radius 1 is 1.56 bits per heavy atom. The molecule has 0 aromatic carbocycles. The molecule has 2 heterocycles. The number of rotatable bonds is 5. The SMILES string of the molecule is Cc1ccc(C(CN)SCC2CCCO2)o1. The quantitative estimate of drug-likeness (QED) is 0.860. The summed E-state index contributed by atoms with van der Waals surface area (Å²) in [5.74, 6) is 2.95. The van der Waals surface area contributed by atoms with E-state index in [0.717, 1.165) is 23.9 Å². The zero-order valence-electron chi connectivity index (χ0n) is 9.65. The van der Waals surface area contributed by atoms with Crippen LogP contribution in [-0.4, -0.2) is 25.0 Å². The lowest BCUT2D eigenvalue weighted by atomic mass is 10.3. The Bertz CT molecular complexity index is 321. The molecule has 1 saturated heterocycles. The molecule has 2 N–H and O–H groups in total. The molecular weight excluding hydrogens is 222 g/mol. The number of hydrogen-bond acceptors (Lipinski definition) is 4. The second-order valence-corrected chi connectivity index (χ2v) is 5.38. The van der Waals surface area contributed by atoms with Gasteiger partial charge in [-0.25, -0.2) is 0 Å². The van der Waals surface area contributed by atoms with E-state index >= 15 is 0 Å². The van der Waals surface area contributed by atoms with Gasteiger partial charge in [0.2, 0.25) is 0 Å². The van der Waals surface area contributed by atoms with Gasteiger partial charge in [-0.2, -0.15) is 0 Å². The van der Waals surface area contributed by atoms with E-state index in [1.165, 1.54) is 12.8 Å². The van der Waals surface area contributed by atoms with Crippen LogP contribution in [0.3, 0.4) is 0 Å². The highest BCUT2D eigenvalue weighted by atomic mass is 32.2. The molecule has 0 radical (unpaired) electrons. The Morgan fingerprint density at radius 2 is 2.44 bits per heavy atom. The molecule has 1 aliphatic heterocycles. The third kappa shape index (κ3) is 3.03. The molecule has 0 bridgehead atoms. The normalized spacial score (nSPS) is 22.5. The average Bonchev–Trinajstić information content (AvgIpc) is 2.91. The number of aryl methyl sites for hydroxylation is 1. The van der Waals surface area contributed by atoms with Crippen LogP contribution < -0.4 is 5.73 Å². The molecular formula is C12H19NO2S. The highest BCUT2D eigenvalue weighted by molar-refractivity contribution is 7.99. The van der Waals surface area contributed by atoms with Gasteiger partial charge in [0.25, 0.3) is 0 Å². The number of thioether (sulfide) groups is 1. The van der Waals surface area contributed by atoms with Crippen molar-refractivity contribution in [3.05, 3.63) is 23.7 Å². The van der Waals surface area contributed by atoms with Gasteiger partial charge < -0.3 is 14.9 Å². The summed E-state index contributed by atoms with van der Waals surface area (Å²) in [6.07, 6.45) is 2.79. The molecule has 0 amide bonds. The van der Waals surface area contributed by atoms with Gasteiger partial charge in [0, 0.05) is 18.9 Å². The first-order valence-corrected chi connectivity index (χ1v) is 6.84. The number of ether oxygens (including phenoxy) is 1. The third-order valence-electron chi connectivity index (χ3n) is 2.80. The fourth-order valence-electron chi connectivity index (χ4n) is 1.89. The minimum Gasteiger partial charge on any atom is -0.465 e. The molecule has 90 valence electrons. The second-order valence-electron chi connectivity index (χ2n) is 4.14. The number of furan rings is 1. The molecule has 16 heavy (non-hydrogen) atoms. The molecule has 2 unspecified atom stereocenters. The summed E-state index contributed by atoms with van der Waals surface area (Å²) < 4.78 is 11.2. The van der Waals surface area contributed by atoms with Crippen molar-refractivity contribution in [3.8, 4) is 0 Å². The zero-order valence-corrected chi connectivity index (χ0v) is 10.5. The molecule has 0 aliphatic carbocycles. The van der Waals surface area contributed by atoms with E-state index in [9.17, 15) is 0 Å². The van der Waals surface area contributed by atoms with Crippen molar-refractivity contribution in [1.29, 1.82) is 0 Å². The molecule has 0 saturated carbocycles. The van der Waals surface area contributed by atoms with Crippen LogP contribution in [0.5, 0.6) is 0 Å². The highest BCUT2D eigenvalue weighted by Crippen LogP contribution is 2.31. The van der Waals surface area contributed by atoms with Crippen LogP contribution in [0.2, 0.25) is 0 Å². The van der Waals surface area contributed by atoms with Crippen LogP contribution in [-0.2, 0) is 4.74 Å². The summed E-state index contributed by atoms with van der Waals surface area (Å²) in [5, 5.41) is 0.262. The molecule has 1 fully saturated rings. The van der Waals surface area contributed by atoms with Crippen molar-refractivity contribution >= 4 is 11.8 Å². The monoisotopic (exact) mass is 241 g/mol. The van der Waals surface area contributed by atoms with Gasteiger partial charge >= 0.3 is 0 Å². The lowest BCUT2D eigenvalue weighted by Gasteiger charge is -2.14. The van der Waals surface area contributed by atoms with Crippen molar-refractivity contribution in [1.82, 2.24) is 0 Å². The average molecular weight is 241 g/mol. The van der Waals surface area contributed by atoms with Gasteiger partial charge in [-0.15, -0.1) is 11.8 Å². The minimum atomic E-state index is 0.262.